The Hall–Kier alpha value is -6.56. The normalized spacial score (nSPS) is 15.6. The van der Waals surface area contributed by atoms with Crippen molar-refractivity contribution in [1.29, 1.82) is 0 Å². The van der Waals surface area contributed by atoms with Crippen molar-refractivity contribution in [3.05, 3.63) is 65.7 Å². The van der Waals surface area contributed by atoms with E-state index in [9.17, 15) is 48.3 Å². The number of hydrogen-bond donors (Lipinski definition) is 13. The third kappa shape index (κ3) is 21.6. The minimum atomic E-state index is -1.25. The average Bonchev–Trinajstić information content (AvgIpc) is 3.83. The van der Waals surface area contributed by atoms with Crippen LogP contribution in [0.3, 0.4) is 0 Å². The van der Waals surface area contributed by atoms with E-state index in [2.05, 4.69) is 67.5 Å². The molecule has 1 heterocycles. The van der Waals surface area contributed by atoms with Gasteiger partial charge in [0.2, 0.25) is 53.2 Å². The third-order valence-electron chi connectivity index (χ3n) is 11.6. The van der Waals surface area contributed by atoms with E-state index in [0.717, 1.165) is 0 Å². The van der Waals surface area contributed by atoms with E-state index in [1.807, 2.05) is 27.7 Å². The van der Waals surface area contributed by atoms with E-state index < -0.39 is 102 Å². The molecular formula is C49H74N12O10S2. The molecule has 2 aromatic rings. The standard InChI is InChI=1S/C49H74N12O10S2/c1-28(2)22-34(58-46(69)37(24-30-10-6-5-7-11-30)59-45(68)36(55-41(64)18-21-72)25-31-14-16-32(62)17-15-31)43(66)57-35(23-29(3)4)44(67)60-38(27-73)48(71)61-20-9-13-39(61)47(70)56-33(12-8-19-53-49(51)52)42(65)54-26-40(50)63/h5-7,10-11,14-17,28-29,33-39,62,72-73H,8-9,12-13,18-27H2,1-4H3,(H2,50,63)(H,54,65)(H,55,64)(H,56,70)(H,57,66)(H,58,69)(H,59,68)(H,60,67)(H4,51,52,53)/t33-,34+,35+,36+,37+,38+,39+/m1/s1. The van der Waals surface area contributed by atoms with Gasteiger partial charge >= 0.3 is 0 Å². The average molecular weight is 1060 g/mol. The van der Waals surface area contributed by atoms with Crippen molar-refractivity contribution in [2.24, 2.45) is 34.0 Å². The number of likely N-dealkylation sites (tertiary alicyclic amines) is 1. The fourth-order valence-corrected chi connectivity index (χ4v) is 8.48. The quantitative estimate of drug-likeness (QED) is 0.0196. The molecule has 0 bridgehead atoms. The fourth-order valence-electron chi connectivity index (χ4n) is 8.03. The largest absolute Gasteiger partial charge is 0.508 e. The smallest absolute Gasteiger partial charge is 0.246 e. The summed E-state index contributed by atoms with van der Waals surface area (Å²) >= 11 is 8.51. The number of nitrogens with two attached hydrogens (primary N) is 3. The van der Waals surface area contributed by atoms with Gasteiger partial charge in [0.05, 0.1) is 6.54 Å². The molecule has 0 aliphatic carbocycles. The number of carbonyl (C=O) groups excluding carboxylic acids is 9. The Bertz CT molecular complexity index is 2220. The second-order valence-corrected chi connectivity index (χ2v) is 19.5. The van der Waals surface area contributed by atoms with Crippen LogP contribution < -0.4 is 54.4 Å². The van der Waals surface area contributed by atoms with Crippen LogP contribution in [0, 0.1) is 11.8 Å². The van der Waals surface area contributed by atoms with E-state index >= 15 is 0 Å². The Balaban J connectivity index is 1.83. The van der Waals surface area contributed by atoms with Gasteiger partial charge in [-0.3, -0.25) is 48.1 Å². The van der Waals surface area contributed by atoms with Crippen LogP contribution in [0.5, 0.6) is 5.75 Å². The molecule has 9 amide bonds. The zero-order chi connectivity index (χ0) is 54.2. The molecule has 3 rings (SSSR count). The Labute approximate surface area is 437 Å². The number of benzene rings is 2. The molecule has 1 aliphatic rings. The zero-order valence-electron chi connectivity index (χ0n) is 41.9. The molecule has 2 aromatic carbocycles. The van der Waals surface area contributed by atoms with Crippen LogP contribution >= 0.6 is 25.3 Å². The van der Waals surface area contributed by atoms with Gasteiger partial charge in [-0.2, -0.15) is 25.3 Å². The van der Waals surface area contributed by atoms with Gasteiger partial charge in [-0.15, -0.1) is 0 Å². The SMILES string of the molecule is CC(C)C[C@H](NC(=O)[C@H](Cc1ccccc1)NC(=O)[C@H](Cc1ccc(O)cc1)NC(=O)CCS)C(=O)N[C@@H](CC(C)C)C(=O)N[C@@H](CS)C(=O)N1CCC[C@H]1C(=O)N[C@H](CCCN=C(N)N)C(=O)NCC(N)=O. The molecule has 24 heteroatoms. The number of guanidine groups is 1. The molecule has 0 saturated carbocycles. The number of nitrogens with one attached hydrogen (secondary N) is 7. The van der Waals surface area contributed by atoms with Crippen LogP contribution in [0.25, 0.3) is 0 Å². The maximum atomic E-state index is 14.4. The molecule has 0 unspecified atom stereocenters. The minimum absolute atomic E-state index is 0.00950. The predicted molar refractivity (Wildman–Crippen MR) is 282 cm³/mol. The van der Waals surface area contributed by atoms with Crippen molar-refractivity contribution in [3.8, 4) is 5.75 Å². The number of aromatic hydroxyl groups is 1. The summed E-state index contributed by atoms with van der Waals surface area (Å²) in [6.07, 6.45) is 1.35. The summed E-state index contributed by atoms with van der Waals surface area (Å²) in [5.41, 5.74) is 17.3. The van der Waals surface area contributed by atoms with Crippen molar-refractivity contribution < 1.29 is 48.3 Å². The van der Waals surface area contributed by atoms with Crippen molar-refractivity contribution in [3.63, 3.8) is 0 Å². The van der Waals surface area contributed by atoms with E-state index in [0.29, 0.717) is 17.5 Å². The lowest BCUT2D eigenvalue weighted by Crippen LogP contribution is -2.60. The molecule has 1 fully saturated rings. The highest BCUT2D eigenvalue weighted by atomic mass is 32.1. The number of amides is 9. The summed E-state index contributed by atoms with van der Waals surface area (Å²) in [6.45, 7) is 7.20. The number of hydrogen-bond acceptors (Lipinski definition) is 13. The van der Waals surface area contributed by atoms with Gasteiger partial charge in [0.15, 0.2) is 5.96 Å². The number of carbonyl (C=O) groups is 9. The summed E-state index contributed by atoms with van der Waals surface area (Å²) in [5.74, 6) is -6.37. The lowest BCUT2D eigenvalue weighted by Gasteiger charge is -2.31. The molecule has 0 radical (unpaired) electrons. The van der Waals surface area contributed by atoms with Gasteiger partial charge in [0, 0.05) is 38.1 Å². The third-order valence-corrected chi connectivity index (χ3v) is 12.2. The number of phenols is 1. The second kappa shape index (κ2) is 31.1. The first-order valence-corrected chi connectivity index (χ1v) is 25.6. The molecule has 1 saturated heterocycles. The van der Waals surface area contributed by atoms with Crippen LogP contribution in [-0.2, 0) is 56.0 Å². The molecule has 1 aliphatic heterocycles. The second-order valence-electron chi connectivity index (χ2n) is 18.7. The number of aliphatic imine (C=N–C) groups is 1. The molecule has 402 valence electrons. The van der Waals surface area contributed by atoms with Crippen LogP contribution in [0.1, 0.15) is 83.8 Å². The van der Waals surface area contributed by atoms with Gasteiger partial charge < -0.3 is 64.4 Å². The first-order chi connectivity index (χ1) is 34.6. The zero-order valence-corrected chi connectivity index (χ0v) is 43.7. The van der Waals surface area contributed by atoms with Gasteiger partial charge in [0.25, 0.3) is 0 Å². The van der Waals surface area contributed by atoms with Gasteiger partial charge in [-0.05, 0) is 79.4 Å². The Morgan fingerprint density at radius 3 is 1.71 bits per heavy atom. The first kappa shape index (κ1) is 60.7. The van der Waals surface area contributed by atoms with Crippen molar-refractivity contribution >= 4 is 84.4 Å². The number of thiol groups is 2. The lowest BCUT2D eigenvalue weighted by atomic mass is 9.98. The number of rotatable bonds is 30. The van der Waals surface area contributed by atoms with Gasteiger partial charge in [-0.1, -0.05) is 70.2 Å². The molecule has 22 nitrogen and oxygen atoms in total. The number of phenolic OH excluding ortho intramolecular Hbond substituents is 1. The Kier molecular flexibility index (Phi) is 25.9. The van der Waals surface area contributed by atoms with Crippen LogP contribution in [0.4, 0.5) is 0 Å². The van der Waals surface area contributed by atoms with Crippen LogP contribution in [0.2, 0.25) is 0 Å². The van der Waals surface area contributed by atoms with Crippen molar-refractivity contribution in [2.75, 3.05) is 31.1 Å². The first-order valence-electron chi connectivity index (χ1n) is 24.4. The Morgan fingerprint density at radius 2 is 1.19 bits per heavy atom. The topological polar surface area (TPSA) is 352 Å². The minimum Gasteiger partial charge on any atom is -0.508 e. The summed E-state index contributed by atoms with van der Waals surface area (Å²) in [7, 11) is 0. The van der Waals surface area contributed by atoms with Crippen LogP contribution in [0.15, 0.2) is 59.6 Å². The van der Waals surface area contributed by atoms with E-state index in [1.165, 1.54) is 17.0 Å². The van der Waals surface area contributed by atoms with E-state index in [4.69, 9.17) is 17.2 Å². The van der Waals surface area contributed by atoms with E-state index in [1.54, 1.807) is 42.5 Å². The molecule has 73 heavy (non-hydrogen) atoms. The maximum absolute atomic E-state index is 14.4. The van der Waals surface area contributed by atoms with Crippen LogP contribution in [-0.4, -0.2) is 143 Å². The molecule has 0 spiro atoms. The maximum Gasteiger partial charge on any atom is 0.246 e. The fraction of sp³-hybridized carbons (Fsp3) is 0.551. The van der Waals surface area contributed by atoms with E-state index in [-0.39, 0.29) is 99.5 Å². The number of nitrogens with zero attached hydrogens (tertiary/aromatic N) is 2. The monoisotopic (exact) mass is 1050 g/mol. The summed E-state index contributed by atoms with van der Waals surface area (Å²) in [5, 5.41) is 28.7. The summed E-state index contributed by atoms with van der Waals surface area (Å²) in [4.78, 5) is 127. The summed E-state index contributed by atoms with van der Waals surface area (Å²) in [6, 6.07) is 6.83. The van der Waals surface area contributed by atoms with Gasteiger partial charge in [0.1, 0.15) is 48.0 Å². The molecule has 14 N–H and O–H groups in total. The predicted octanol–water partition coefficient (Wildman–Crippen LogP) is -0.926. The molecule has 0 aromatic heterocycles. The van der Waals surface area contributed by atoms with Crippen molar-refractivity contribution in [2.45, 2.75) is 128 Å². The van der Waals surface area contributed by atoms with Gasteiger partial charge in [-0.25, -0.2) is 0 Å². The highest BCUT2D eigenvalue weighted by Crippen LogP contribution is 2.20. The molecular weight excluding hydrogens is 981 g/mol. The number of primary amides is 1. The highest BCUT2D eigenvalue weighted by molar-refractivity contribution is 7.80. The highest BCUT2D eigenvalue weighted by Gasteiger charge is 2.40. The molecule has 7 atom stereocenters. The van der Waals surface area contributed by atoms with Crippen molar-refractivity contribution in [1.82, 2.24) is 42.1 Å². The summed E-state index contributed by atoms with van der Waals surface area (Å²) < 4.78 is 0. The Morgan fingerprint density at radius 1 is 0.671 bits per heavy atom. The lowest BCUT2D eigenvalue weighted by molar-refractivity contribution is -0.142.